The molecule has 0 unspecified atom stereocenters. The Balaban J connectivity index is 1.94. The molecule has 8 heteroatoms. The highest BCUT2D eigenvalue weighted by Gasteiger charge is 2.29. The topological polar surface area (TPSA) is 78.6 Å². The molecule has 2 aromatic heterocycles. The van der Waals surface area contributed by atoms with Gasteiger partial charge in [-0.15, -0.1) is 0 Å². The lowest BCUT2D eigenvalue weighted by molar-refractivity contribution is -0.140. The number of halogens is 1. The summed E-state index contributed by atoms with van der Waals surface area (Å²) in [7, 11) is 2.99. The fourth-order valence-electron chi connectivity index (χ4n) is 3.40. The molecule has 0 radical (unpaired) electrons. The minimum Gasteiger partial charge on any atom is -0.481 e. The molecule has 0 saturated heterocycles. The summed E-state index contributed by atoms with van der Waals surface area (Å²) < 4.78 is 13.3. The van der Waals surface area contributed by atoms with E-state index in [1.807, 2.05) is 41.0 Å². The summed E-state index contributed by atoms with van der Waals surface area (Å²) in [6, 6.07) is 11.3. The van der Waals surface area contributed by atoms with Gasteiger partial charge in [-0.05, 0) is 36.8 Å². The number of fused-ring (bicyclic) bond motifs is 3. The molecule has 1 aliphatic heterocycles. The van der Waals surface area contributed by atoms with E-state index in [2.05, 4.69) is 25.9 Å². The molecular weight excluding hydrogens is 436 g/mol. The van der Waals surface area contributed by atoms with Gasteiger partial charge in [0.25, 0.3) is 0 Å². The number of methoxy groups -OCH3 is 2. The Morgan fingerprint density at radius 1 is 1.21 bits per heavy atom. The predicted molar refractivity (Wildman–Crippen MR) is 112 cm³/mol. The average molecular weight is 455 g/mol. The van der Waals surface area contributed by atoms with Crippen molar-refractivity contribution in [2.45, 2.75) is 18.9 Å². The number of esters is 1. The normalized spacial score (nSPS) is 15.0. The minimum atomic E-state index is -0.360. The van der Waals surface area contributed by atoms with Crippen LogP contribution in [0.15, 0.2) is 58.3 Å². The highest BCUT2D eigenvalue weighted by molar-refractivity contribution is 9.10. The lowest BCUT2D eigenvalue weighted by Crippen LogP contribution is -2.09. The van der Waals surface area contributed by atoms with Gasteiger partial charge in [-0.3, -0.25) is 19.3 Å². The third kappa shape index (κ3) is 3.67. The van der Waals surface area contributed by atoms with Crippen LogP contribution in [0, 0.1) is 0 Å². The van der Waals surface area contributed by atoms with Crippen LogP contribution in [0.2, 0.25) is 0 Å². The number of aromatic nitrogens is 3. The SMILES string of the molecule is COC(=O)CC[C@@H]1N=C(c2ccccn2)c2cc(Br)ccc2-n2c(OC)cnc21. The molecule has 1 aliphatic rings. The molecule has 1 atom stereocenters. The zero-order valence-corrected chi connectivity index (χ0v) is 17.6. The molecule has 0 saturated carbocycles. The first-order valence-electron chi connectivity index (χ1n) is 9.10. The number of aliphatic imine (C=N–C) groups is 1. The number of ether oxygens (including phenoxy) is 2. The van der Waals surface area contributed by atoms with E-state index in [-0.39, 0.29) is 18.4 Å². The van der Waals surface area contributed by atoms with Crippen molar-refractivity contribution in [2.75, 3.05) is 14.2 Å². The van der Waals surface area contributed by atoms with Gasteiger partial charge in [0.2, 0.25) is 5.88 Å². The summed E-state index contributed by atoms with van der Waals surface area (Å²) in [5, 5.41) is 0. The monoisotopic (exact) mass is 454 g/mol. The zero-order valence-electron chi connectivity index (χ0n) is 16.0. The van der Waals surface area contributed by atoms with Gasteiger partial charge in [-0.2, -0.15) is 0 Å². The van der Waals surface area contributed by atoms with E-state index in [0.717, 1.165) is 27.1 Å². The third-order valence-corrected chi connectivity index (χ3v) is 5.25. The Hall–Kier alpha value is -3.00. The summed E-state index contributed by atoms with van der Waals surface area (Å²) in [5.74, 6) is 1.03. The van der Waals surface area contributed by atoms with Gasteiger partial charge in [0, 0.05) is 22.7 Å². The van der Waals surface area contributed by atoms with Crippen molar-refractivity contribution in [1.82, 2.24) is 14.5 Å². The van der Waals surface area contributed by atoms with Crippen LogP contribution < -0.4 is 4.74 Å². The average Bonchev–Trinajstić information content (AvgIpc) is 3.12. The number of hydrogen-bond acceptors (Lipinski definition) is 6. The molecule has 0 bridgehead atoms. The van der Waals surface area contributed by atoms with Gasteiger partial charge >= 0.3 is 5.97 Å². The molecule has 3 aromatic rings. The first-order chi connectivity index (χ1) is 14.1. The molecule has 3 heterocycles. The van der Waals surface area contributed by atoms with Crippen molar-refractivity contribution >= 4 is 27.6 Å². The van der Waals surface area contributed by atoms with Crippen molar-refractivity contribution < 1.29 is 14.3 Å². The number of nitrogens with zero attached hydrogens (tertiary/aromatic N) is 4. The van der Waals surface area contributed by atoms with Crippen molar-refractivity contribution in [3.05, 3.63) is 70.3 Å². The maximum Gasteiger partial charge on any atom is 0.305 e. The summed E-state index contributed by atoms with van der Waals surface area (Å²) in [6.45, 7) is 0. The fraction of sp³-hybridized carbons (Fsp3) is 0.238. The van der Waals surface area contributed by atoms with Gasteiger partial charge < -0.3 is 9.47 Å². The third-order valence-electron chi connectivity index (χ3n) is 4.76. The second-order valence-electron chi connectivity index (χ2n) is 6.48. The number of rotatable bonds is 5. The van der Waals surface area contributed by atoms with Gasteiger partial charge in [-0.25, -0.2) is 4.98 Å². The van der Waals surface area contributed by atoms with Crippen molar-refractivity contribution in [3.8, 4) is 11.6 Å². The highest BCUT2D eigenvalue weighted by Crippen LogP contribution is 2.36. The fourth-order valence-corrected chi connectivity index (χ4v) is 3.77. The molecule has 7 nitrogen and oxygen atoms in total. The first-order valence-corrected chi connectivity index (χ1v) is 9.89. The van der Waals surface area contributed by atoms with Crippen LogP contribution in [-0.4, -0.2) is 40.4 Å². The molecule has 148 valence electrons. The number of carbonyl (C=O) groups is 1. The molecule has 0 fully saturated rings. The number of pyridine rings is 1. The summed E-state index contributed by atoms with van der Waals surface area (Å²) in [4.78, 5) is 25.9. The lowest BCUT2D eigenvalue weighted by atomic mass is 10.0. The molecule has 4 rings (SSSR count). The van der Waals surface area contributed by atoms with Gasteiger partial charge in [-0.1, -0.05) is 22.0 Å². The van der Waals surface area contributed by atoms with Crippen LogP contribution in [0.1, 0.15) is 36.0 Å². The lowest BCUT2D eigenvalue weighted by Gasteiger charge is -2.14. The number of carbonyl (C=O) groups excluding carboxylic acids is 1. The van der Waals surface area contributed by atoms with E-state index in [9.17, 15) is 4.79 Å². The Morgan fingerprint density at radius 2 is 2.07 bits per heavy atom. The van der Waals surface area contributed by atoms with E-state index in [1.54, 1.807) is 19.5 Å². The maximum atomic E-state index is 11.8. The van der Waals surface area contributed by atoms with Gasteiger partial charge in [0.15, 0.2) is 0 Å². The van der Waals surface area contributed by atoms with Crippen molar-refractivity contribution in [1.29, 1.82) is 0 Å². The number of imidazole rings is 1. The van der Waals surface area contributed by atoms with Crippen LogP contribution >= 0.6 is 15.9 Å². The van der Waals surface area contributed by atoms with E-state index >= 15 is 0 Å². The van der Waals surface area contributed by atoms with E-state index < -0.39 is 0 Å². The summed E-state index contributed by atoms with van der Waals surface area (Å²) in [5.41, 5.74) is 3.28. The van der Waals surface area contributed by atoms with Crippen molar-refractivity contribution in [3.63, 3.8) is 0 Å². The standard InChI is InChI=1S/C21H19BrN4O3/c1-28-18-12-24-21-16(7-9-19(27)29-2)25-20(15-5-3-4-10-23-15)14-11-13(22)6-8-17(14)26(18)21/h3-6,8,10-12,16H,7,9H2,1-2H3/t16-/m0/s1. The van der Waals surface area contributed by atoms with Crippen LogP contribution in [0.3, 0.4) is 0 Å². The zero-order chi connectivity index (χ0) is 20.4. The van der Waals surface area contributed by atoms with E-state index in [4.69, 9.17) is 14.5 Å². The minimum absolute atomic E-state index is 0.232. The van der Waals surface area contributed by atoms with Gasteiger partial charge in [0.1, 0.15) is 11.9 Å². The van der Waals surface area contributed by atoms with Crippen molar-refractivity contribution in [2.24, 2.45) is 4.99 Å². The van der Waals surface area contributed by atoms with Crippen LogP contribution in [0.25, 0.3) is 5.69 Å². The van der Waals surface area contributed by atoms with Gasteiger partial charge in [0.05, 0.1) is 37.5 Å². The predicted octanol–water partition coefficient (Wildman–Crippen LogP) is 3.88. The largest absolute Gasteiger partial charge is 0.481 e. The Bertz CT molecular complexity index is 1080. The second-order valence-corrected chi connectivity index (χ2v) is 7.39. The molecule has 0 N–H and O–H groups in total. The molecule has 1 aromatic carbocycles. The van der Waals surface area contributed by atoms with E-state index in [1.165, 1.54) is 7.11 Å². The van der Waals surface area contributed by atoms with E-state index in [0.29, 0.717) is 18.1 Å². The molecule has 0 amide bonds. The molecule has 0 aliphatic carbocycles. The summed E-state index contributed by atoms with van der Waals surface area (Å²) >= 11 is 3.56. The second kappa shape index (κ2) is 8.16. The highest BCUT2D eigenvalue weighted by atomic mass is 79.9. The number of benzene rings is 1. The van der Waals surface area contributed by atoms with Crippen LogP contribution in [0.5, 0.6) is 5.88 Å². The summed E-state index contributed by atoms with van der Waals surface area (Å²) in [6.07, 6.45) is 4.10. The Labute approximate surface area is 176 Å². The quantitative estimate of drug-likeness (QED) is 0.546. The molecule has 0 spiro atoms. The Morgan fingerprint density at radius 3 is 2.79 bits per heavy atom. The number of hydrogen-bond donors (Lipinski definition) is 0. The smallest absolute Gasteiger partial charge is 0.305 e. The maximum absolute atomic E-state index is 11.8. The molecular formula is C21H19BrN4O3. The Kier molecular flexibility index (Phi) is 5.44. The first kappa shape index (κ1) is 19.3. The molecule has 29 heavy (non-hydrogen) atoms. The van der Waals surface area contributed by atoms with Crippen LogP contribution in [0.4, 0.5) is 0 Å². The van der Waals surface area contributed by atoms with Crippen LogP contribution in [-0.2, 0) is 9.53 Å².